The molecule has 1 aromatic heterocycles. The van der Waals surface area contributed by atoms with Crippen molar-refractivity contribution in [3.8, 4) is 0 Å². The van der Waals surface area contributed by atoms with Crippen molar-refractivity contribution in [3.63, 3.8) is 0 Å². The Hall–Kier alpha value is -0.720. The van der Waals surface area contributed by atoms with Crippen molar-refractivity contribution in [2.75, 3.05) is 11.9 Å². The van der Waals surface area contributed by atoms with E-state index in [2.05, 4.69) is 27.4 Å². The highest BCUT2D eigenvalue weighted by atomic mass is 32.1. The number of hydrogen-bond donors (Lipinski definition) is 2. The van der Waals surface area contributed by atoms with Gasteiger partial charge in [0.15, 0.2) is 10.2 Å². The molecule has 0 aromatic carbocycles. The molecule has 1 aromatic rings. The number of anilines is 1. The Morgan fingerprint density at radius 2 is 2.04 bits per heavy atom. The molecule has 1 unspecified atom stereocenters. The lowest BCUT2D eigenvalue weighted by molar-refractivity contribution is 0.154. The Morgan fingerprint density at radius 1 is 1.26 bits per heavy atom. The van der Waals surface area contributed by atoms with Crippen LogP contribution in [-0.4, -0.2) is 33.6 Å². The molecule has 2 N–H and O–H groups in total. The Bertz CT molecular complexity index is 510. The zero-order chi connectivity index (χ0) is 16.1. The highest BCUT2D eigenvalue weighted by molar-refractivity contribution is 7.80. The van der Waals surface area contributed by atoms with Crippen LogP contribution in [0.5, 0.6) is 0 Å². The van der Waals surface area contributed by atoms with E-state index in [4.69, 9.17) is 12.2 Å². The Labute approximate surface area is 149 Å². The summed E-state index contributed by atoms with van der Waals surface area (Å²) in [7, 11) is 0. The van der Waals surface area contributed by atoms with Crippen molar-refractivity contribution in [2.24, 2.45) is 0 Å². The van der Waals surface area contributed by atoms with Gasteiger partial charge in [0.05, 0.1) is 0 Å². The largest absolute Gasteiger partial charge is 0.360 e. The second kappa shape index (κ2) is 8.40. The maximum atomic E-state index is 5.44. The van der Waals surface area contributed by atoms with Gasteiger partial charge in [0, 0.05) is 29.7 Å². The van der Waals surface area contributed by atoms with E-state index in [0.29, 0.717) is 12.1 Å². The van der Waals surface area contributed by atoms with Gasteiger partial charge in [-0.1, -0.05) is 25.7 Å². The molecule has 1 atom stereocenters. The van der Waals surface area contributed by atoms with Gasteiger partial charge in [0.25, 0.3) is 0 Å². The quantitative estimate of drug-likeness (QED) is 0.797. The highest BCUT2D eigenvalue weighted by Crippen LogP contribution is 2.24. The number of piperidine rings is 1. The Balaban J connectivity index is 1.47. The van der Waals surface area contributed by atoms with Gasteiger partial charge in [-0.25, -0.2) is 4.98 Å². The lowest BCUT2D eigenvalue weighted by Crippen LogP contribution is -2.38. The molecular formula is C17H28N4S2. The zero-order valence-electron chi connectivity index (χ0n) is 14.0. The highest BCUT2D eigenvalue weighted by Gasteiger charge is 2.19. The molecule has 1 saturated carbocycles. The number of thiazole rings is 1. The molecule has 128 valence electrons. The molecule has 0 bridgehead atoms. The van der Waals surface area contributed by atoms with Gasteiger partial charge in [-0.05, 0) is 51.4 Å². The van der Waals surface area contributed by atoms with Crippen LogP contribution in [-0.2, 0) is 6.54 Å². The molecular weight excluding hydrogens is 324 g/mol. The first-order valence-corrected chi connectivity index (χ1v) is 10.2. The summed E-state index contributed by atoms with van der Waals surface area (Å²) in [5, 5.41) is 8.35. The van der Waals surface area contributed by atoms with E-state index in [9.17, 15) is 0 Å². The second-order valence-corrected chi connectivity index (χ2v) is 8.40. The first-order valence-electron chi connectivity index (χ1n) is 8.97. The van der Waals surface area contributed by atoms with Crippen molar-refractivity contribution < 1.29 is 0 Å². The molecule has 1 saturated heterocycles. The maximum absolute atomic E-state index is 5.44. The maximum Gasteiger partial charge on any atom is 0.189 e. The predicted octanol–water partition coefficient (Wildman–Crippen LogP) is 4.14. The zero-order valence-corrected chi connectivity index (χ0v) is 15.6. The van der Waals surface area contributed by atoms with E-state index in [1.54, 1.807) is 11.3 Å². The molecule has 2 heterocycles. The third kappa shape index (κ3) is 5.13. The molecule has 0 radical (unpaired) electrons. The molecule has 0 spiro atoms. The SMILES string of the molecule is CC1CCCCN1Cc1cnc(NC(=S)NC2CCCCC2)s1. The smallest absolute Gasteiger partial charge is 0.189 e. The topological polar surface area (TPSA) is 40.2 Å². The number of thiocarbonyl (C=S) groups is 1. The number of likely N-dealkylation sites (tertiary alicyclic amines) is 1. The first-order chi connectivity index (χ1) is 11.2. The number of hydrogen-bond acceptors (Lipinski definition) is 4. The summed E-state index contributed by atoms with van der Waals surface area (Å²) >= 11 is 7.17. The van der Waals surface area contributed by atoms with Crippen molar-refractivity contribution in [3.05, 3.63) is 11.1 Å². The summed E-state index contributed by atoms with van der Waals surface area (Å²) in [5.41, 5.74) is 0. The van der Waals surface area contributed by atoms with Crippen LogP contribution in [0.25, 0.3) is 0 Å². The summed E-state index contributed by atoms with van der Waals surface area (Å²) in [6.07, 6.45) is 12.5. The fraction of sp³-hybridized carbons (Fsp3) is 0.765. The van der Waals surface area contributed by atoms with Crippen LogP contribution in [0.3, 0.4) is 0 Å². The summed E-state index contributed by atoms with van der Waals surface area (Å²) in [6, 6.07) is 1.23. The molecule has 4 nitrogen and oxygen atoms in total. The first kappa shape index (κ1) is 17.1. The minimum Gasteiger partial charge on any atom is -0.360 e. The van der Waals surface area contributed by atoms with Gasteiger partial charge < -0.3 is 10.6 Å². The summed E-state index contributed by atoms with van der Waals surface area (Å²) in [6.45, 7) is 4.56. The van der Waals surface area contributed by atoms with E-state index in [0.717, 1.165) is 16.8 Å². The molecule has 1 aliphatic heterocycles. The average Bonchev–Trinajstić information content (AvgIpc) is 2.97. The second-order valence-electron chi connectivity index (χ2n) is 6.88. The van der Waals surface area contributed by atoms with Crippen LogP contribution in [0.1, 0.15) is 63.2 Å². The van der Waals surface area contributed by atoms with Gasteiger partial charge in [-0.2, -0.15) is 0 Å². The third-order valence-electron chi connectivity index (χ3n) is 5.01. The van der Waals surface area contributed by atoms with Crippen LogP contribution >= 0.6 is 23.6 Å². The molecule has 6 heteroatoms. The van der Waals surface area contributed by atoms with E-state index < -0.39 is 0 Å². The Kier molecular flexibility index (Phi) is 6.25. The predicted molar refractivity (Wildman–Crippen MR) is 102 cm³/mol. The van der Waals surface area contributed by atoms with Gasteiger partial charge >= 0.3 is 0 Å². The monoisotopic (exact) mass is 352 g/mol. The normalized spacial score (nSPS) is 23.6. The van der Waals surface area contributed by atoms with Crippen molar-refractivity contribution >= 4 is 33.8 Å². The lowest BCUT2D eigenvalue weighted by atomic mass is 9.96. The molecule has 0 amide bonds. The van der Waals surface area contributed by atoms with Crippen LogP contribution in [0.4, 0.5) is 5.13 Å². The summed E-state index contributed by atoms with van der Waals surface area (Å²) in [4.78, 5) is 8.38. The minimum atomic E-state index is 0.539. The third-order valence-corrected chi connectivity index (χ3v) is 6.13. The number of nitrogens with one attached hydrogen (secondary N) is 2. The van der Waals surface area contributed by atoms with Crippen molar-refractivity contribution in [2.45, 2.75) is 76.9 Å². The van der Waals surface area contributed by atoms with Crippen LogP contribution in [0.15, 0.2) is 6.20 Å². The molecule has 3 rings (SSSR count). The van der Waals surface area contributed by atoms with E-state index in [1.807, 2.05) is 6.20 Å². The molecule has 2 fully saturated rings. The number of rotatable bonds is 4. The van der Waals surface area contributed by atoms with E-state index >= 15 is 0 Å². The van der Waals surface area contributed by atoms with Crippen molar-refractivity contribution in [1.82, 2.24) is 15.2 Å². The van der Waals surface area contributed by atoms with Gasteiger partial charge in [0.2, 0.25) is 0 Å². The Morgan fingerprint density at radius 3 is 2.83 bits per heavy atom. The molecule has 23 heavy (non-hydrogen) atoms. The molecule has 2 aliphatic rings. The number of aromatic nitrogens is 1. The summed E-state index contributed by atoms with van der Waals surface area (Å²) in [5.74, 6) is 0. The lowest BCUT2D eigenvalue weighted by Gasteiger charge is -2.32. The van der Waals surface area contributed by atoms with E-state index in [1.165, 1.54) is 62.8 Å². The van der Waals surface area contributed by atoms with Gasteiger partial charge in [0.1, 0.15) is 0 Å². The number of nitrogens with zero attached hydrogens (tertiary/aromatic N) is 2. The standard InChI is InChI=1S/C17H28N4S2/c1-13-7-5-6-10-21(13)12-15-11-18-17(23-15)20-16(22)19-14-8-3-2-4-9-14/h11,13-14H,2-10,12H2,1H3,(H2,18,19,20,22). The minimum absolute atomic E-state index is 0.539. The fourth-order valence-corrected chi connectivity index (χ4v) is 4.77. The molecule has 1 aliphatic carbocycles. The average molecular weight is 353 g/mol. The van der Waals surface area contributed by atoms with E-state index in [-0.39, 0.29) is 0 Å². The van der Waals surface area contributed by atoms with Gasteiger partial charge in [-0.15, -0.1) is 11.3 Å². The van der Waals surface area contributed by atoms with Crippen molar-refractivity contribution in [1.29, 1.82) is 0 Å². The van der Waals surface area contributed by atoms with Crippen LogP contribution in [0, 0.1) is 0 Å². The van der Waals surface area contributed by atoms with Crippen LogP contribution in [0.2, 0.25) is 0 Å². The summed E-state index contributed by atoms with van der Waals surface area (Å²) < 4.78 is 0. The van der Waals surface area contributed by atoms with Crippen LogP contribution < -0.4 is 10.6 Å². The van der Waals surface area contributed by atoms with Gasteiger partial charge in [-0.3, -0.25) is 4.90 Å². The fourth-order valence-electron chi connectivity index (χ4n) is 3.60.